The maximum absolute atomic E-state index is 13.4. The van der Waals surface area contributed by atoms with Crippen molar-refractivity contribution in [2.45, 2.75) is 20.3 Å². The van der Waals surface area contributed by atoms with Gasteiger partial charge in [0.05, 0.1) is 30.7 Å². The predicted molar refractivity (Wildman–Crippen MR) is 174 cm³/mol. The number of Topliss-reactive ketones (excluding diaryl/α,β-unsaturated/α-hetero) is 1. The van der Waals surface area contributed by atoms with Gasteiger partial charge in [0.15, 0.2) is 12.4 Å². The highest BCUT2D eigenvalue weighted by molar-refractivity contribution is 6.07. The van der Waals surface area contributed by atoms with Gasteiger partial charge in [-0.05, 0) is 95.8 Å². The van der Waals surface area contributed by atoms with Gasteiger partial charge in [-0.3, -0.25) is 14.5 Å². The molecule has 0 spiro atoms. The van der Waals surface area contributed by atoms with Crippen molar-refractivity contribution in [2.75, 3.05) is 25.2 Å². The maximum Gasteiger partial charge on any atom is 0.265 e. The van der Waals surface area contributed by atoms with Gasteiger partial charge in [0, 0.05) is 16.7 Å². The van der Waals surface area contributed by atoms with E-state index < -0.39 is 5.82 Å². The zero-order valence-electron chi connectivity index (χ0n) is 25.4. The summed E-state index contributed by atoms with van der Waals surface area (Å²) in [5.74, 6) is 0.756. The average Bonchev–Trinajstić information content (AvgIpc) is 3.06. The molecule has 5 aromatic rings. The molecular formula is C38H33FN2O4. The lowest BCUT2D eigenvalue weighted by Crippen LogP contribution is -2.42. The summed E-state index contributed by atoms with van der Waals surface area (Å²) in [6.07, 6.45) is 1.00. The number of halogens is 1. The Hall–Kier alpha value is -5.30. The zero-order chi connectivity index (χ0) is 31.5. The van der Waals surface area contributed by atoms with Crippen molar-refractivity contribution < 1.29 is 23.5 Å². The number of nitrogens with zero attached hydrogens (tertiary/aromatic N) is 2. The first-order valence-corrected chi connectivity index (χ1v) is 14.9. The molecule has 1 aromatic heterocycles. The summed E-state index contributed by atoms with van der Waals surface area (Å²) in [6.45, 7) is 4.04. The molecule has 7 heteroatoms. The van der Waals surface area contributed by atoms with E-state index in [-0.39, 0.29) is 24.8 Å². The van der Waals surface area contributed by atoms with Crippen LogP contribution in [0.15, 0.2) is 103 Å². The van der Waals surface area contributed by atoms with Gasteiger partial charge in [-0.2, -0.15) is 0 Å². The summed E-state index contributed by atoms with van der Waals surface area (Å²) in [5.41, 5.74) is 7.31. The number of amides is 1. The Morgan fingerprint density at radius 3 is 2.16 bits per heavy atom. The van der Waals surface area contributed by atoms with Gasteiger partial charge in [0.2, 0.25) is 0 Å². The normalized spacial score (nSPS) is 12.6. The van der Waals surface area contributed by atoms with Crippen molar-refractivity contribution in [3.8, 4) is 45.1 Å². The van der Waals surface area contributed by atoms with E-state index in [1.807, 2.05) is 42.5 Å². The fraction of sp³-hybridized carbons (Fsp3) is 0.184. The quantitative estimate of drug-likeness (QED) is 0.160. The number of carbonyl (C=O) groups excluding carboxylic acids is 2. The Kier molecular flexibility index (Phi) is 8.43. The average molecular weight is 601 g/mol. The van der Waals surface area contributed by atoms with E-state index in [9.17, 15) is 14.0 Å². The van der Waals surface area contributed by atoms with Gasteiger partial charge in [0.25, 0.3) is 5.91 Å². The van der Waals surface area contributed by atoms with Gasteiger partial charge < -0.3 is 9.47 Å². The van der Waals surface area contributed by atoms with Crippen molar-refractivity contribution in [2.24, 2.45) is 5.92 Å². The lowest BCUT2D eigenvalue weighted by molar-refractivity contribution is -0.121. The third-order valence-electron chi connectivity index (χ3n) is 7.81. The van der Waals surface area contributed by atoms with E-state index in [0.717, 1.165) is 40.1 Å². The molecule has 1 aliphatic heterocycles. The lowest BCUT2D eigenvalue weighted by Gasteiger charge is -2.29. The van der Waals surface area contributed by atoms with Crippen LogP contribution < -0.4 is 14.4 Å². The first-order chi connectivity index (χ1) is 21.8. The van der Waals surface area contributed by atoms with Crippen LogP contribution in [0, 0.1) is 11.7 Å². The molecule has 6 nitrogen and oxygen atoms in total. The molecule has 1 amide bonds. The molecule has 4 aromatic carbocycles. The van der Waals surface area contributed by atoms with E-state index in [1.54, 1.807) is 13.2 Å². The predicted octanol–water partition coefficient (Wildman–Crippen LogP) is 8.04. The number of anilines is 1. The van der Waals surface area contributed by atoms with E-state index in [0.29, 0.717) is 28.6 Å². The second kappa shape index (κ2) is 12.7. The van der Waals surface area contributed by atoms with Crippen molar-refractivity contribution in [3.63, 3.8) is 0 Å². The van der Waals surface area contributed by atoms with E-state index in [1.165, 1.54) is 34.7 Å². The number of hydrogen-bond acceptors (Lipinski definition) is 5. The Morgan fingerprint density at radius 2 is 1.49 bits per heavy atom. The van der Waals surface area contributed by atoms with Crippen LogP contribution in [0.1, 0.15) is 29.8 Å². The Balaban J connectivity index is 1.40. The second-order valence-electron chi connectivity index (χ2n) is 11.5. The number of carbonyl (C=O) groups is 2. The molecule has 0 bridgehead atoms. The Morgan fingerprint density at radius 1 is 0.844 bits per heavy atom. The van der Waals surface area contributed by atoms with Crippen molar-refractivity contribution in [3.05, 3.63) is 120 Å². The number of ether oxygens (including phenoxy) is 2. The molecule has 0 radical (unpaired) electrons. The number of ketones is 1. The number of rotatable bonds is 9. The molecule has 45 heavy (non-hydrogen) atoms. The number of methoxy groups -OCH3 is 1. The maximum atomic E-state index is 13.4. The highest BCUT2D eigenvalue weighted by atomic mass is 19.1. The largest absolute Gasteiger partial charge is 0.497 e. The third-order valence-corrected chi connectivity index (χ3v) is 7.81. The van der Waals surface area contributed by atoms with Gasteiger partial charge in [-0.1, -0.05) is 50.2 Å². The van der Waals surface area contributed by atoms with E-state index in [2.05, 4.69) is 44.2 Å². The van der Waals surface area contributed by atoms with Crippen LogP contribution >= 0.6 is 0 Å². The number of benzene rings is 4. The minimum absolute atomic E-state index is 0.175. The number of hydrogen-bond donors (Lipinski definition) is 0. The first-order valence-electron chi connectivity index (χ1n) is 14.9. The highest BCUT2D eigenvalue weighted by Crippen LogP contribution is 2.38. The van der Waals surface area contributed by atoms with Crippen molar-refractivity contribution >= 4 is 17.4 Å². The summed E-state index contributed by atoms with van der Waals surface area (Å²) < 4.78 is 24.5. The SMILES string of the molecule is COc1ccc(-c2cc(-c3ccc(CC(C)C)cc3)nc(-c3ccc4c(c3)N(CC(=O)c3ccc(F)cc3)C(=O)CO4)c2)cc1. The molecule has 0 N–H and O–H groups in total. The van der Waals surface area contributed by atoms with Crippen LogP contribution in [0.3, 0.4) is 0 Å². The minimum Gasteiger partial charge on any atom is -0.497 e. The summed E-state index contributed by atoms with van der Waals surface area (Å²) in [6, 6.07) is 31.3. The molecule has 6 rings (SSSR count). The van der Waals surface area contributed by atoms with E-state index in [4.69, 9.17) is 14.5 Å². The first kappa shape index (κ1) is 29.8. The number of fused-ring (bicyclic) bond motifs is 1. The zero-order valence-corrected chi connectivity index (χ0v) is 25.4. The van der Waals surface area contributed by atoms with Gasteiger partial charge >= 0.3 is 0 Å². The summed E-state index contributed by atoms with van der Waals surface area (Å²) in [5, 5.41) is 0. The van der Waals surface area contributed by atoms with Gasteiger partial charge in [0.1, 0.15) is 17.3 Å². The van der Waals surface area contributed by atoms with Crippen molar-refractivity contribution in [1.82, 2.24) is 4.98 Å². The summed E-state index contributed by atoms with van der Waals surface area (Å²) >= 11 is 0. The molecule has 2 heterocycles. The van der Waals surface area contributed by atoms with Crippen LogP contribution in [0.4, 0.5) is 10.1 Å². The molecular weight excluding hydrogens is 567 g/mol. The van der Waals surface area contributed by atoms with Gasteiger partial charge in [-0.25, -0.2) is 9.37 Å². The monoisotopic (exact) mass is 600 g/mol. The fourth-order valence-corrected chi connectivity index (χ4v) is 5.46. The van der Waals surface area contributed by atoms with Crippen molar-refractivity contribution in [1.29, 1.82) is 0 Å². The molecule has 0 saturated carbocycles. The number of aromatic nitrogens is 1. The minimum atomic E-state index is -0.431. The van der Waals surface area contributed by atoms with Gasteiger partial charge in [-0.15, -0.1) is 0 Å². The second-order valence-corrected chi connectivity index (χ2v) is 11.5. The fourth-order valence-electron chi connectivity index (χ4n) is 5.46. The molecule has 0 atom stereocenters. The lowest BCUT2D eigenvalue weighted by atomic mass is 9.97. The Bertz CT molecular complexity index is 1850. The van der Waals surface area contributed by atoms with Crippen LogP contribution in [-0.2, 0) is 11.2 Å². The van der Waals surface area contributed by atoms with Crippen LogP contribution in [0.25, 0.3) is 33.6 Å². The highest BCUT2D eigenvalue weighted by Gasteiger charge is 2.28. The number of pyridine rings is 1. The van der Waals surface area contributed by atoms with E-state index >= 15 is 0 Å². The van der Waals surface area contributed by atoms with Crippen LogP contribution in [0.2, 0.25) is 0 Å². The smallest absolute Gasteiger partial charge is 0.265 e. The molecule has 226 valence electrons. The third kappa shape index (κ3) is 6.63. The Labute approximate surface area is 262 Å². The van der Waals surface area contributed by atoms with Crippen LogP contribution in [-0.4, -0.2) is 36.9 Å². The topological polar surface area (TPSA) is 68.7 Å². The molecule has 1 aliphatic rings. The summed E-state index contributed by atoms with van der Waals surface area (Å²) in [4.78, 5) is 32.6. The standard InChI is InChI=1S/C38H33FN2O4/c1-24(2)18-25-4-6-27(7-5-25)33-19-30(26-10-15-32(44-3)16-11-26)20-34(40-33)29-12-17-37-35(21-29)41(38(43)23-45-37)22-36(42)28-8-13-31(39)14-9-28/h4-17,19-21,24H,18,22-23H2,1-3H3. The molecule has 0 unspecified atom stereocenters. The molecule has 0 aliphatic carbocycles. The van der Waals surface area contributed by atoms with Crippen LogP contribution in [0.5, 0.6) is 11.5 Å². The molecule has 0 fully saturated rings. The molecule has 0 saturated heterocycles. The summed E-state index contributed by atoms with van der Waals surface area (Å²) in [7, 11) is 1.64.